The van der Waals surface area contributed by atoms with E-state index in [1.54, 1.807) is 0 Å². The van der Waals surface area contributed by atoms with Crippen molar-refractivity contribution in [2.24, 2.45) is 5.73 Å². The summed E-state index contributed by atoms with van der Waals surface area (Å²) in [5.74, 6) is 1.06. The minimum absolute atomic E-state index is 0.0630. The molecule has 2 fully saturated rings. The van der Waals surface area contributed by atoms with Crippen LogP contribution in [-0.4, -0.2) is 61.3 Å². The van der Waals surface area contributed by atoms with Gasteiger partial charge in [0.05, 0.1) is 19.8 Å². The van der Waals surface area contributed by atoms with E-state index >= 15 is 0 Å². The summed E-state index contributed by atoms with van der Waals surface area (Å²) in [5.41, 5.74) is 8.06. The maximum atomic E-state index is 13.2. The van der Waals surface area contributed by atoms with Crippen LogP contribution in [0.3, 0.4) is 0 Å². The first-order valence-corrected chi connectivity index (χ1v) is 10.3. The molecule has 4 rings (SSSR count). The van der Waals surface area contributed by atoms with Gasteiger partial charge in [0.25, 0.3) is 0 Å². The molecule has 0 aromatic heterocycles. The van der Waals surface area contributed by atoms with E-state index in [-0.39, 0.29) is 18.1 Å². The molecule has 2 aromatic carbocycles. The van der Waals surface area contributed by atoms with Crippen molar-refractivity contribution in [1.82, 2.24) is 9.80 Å². The molecule has 2 saturated heterocycles. The first-order chi connectivity index (χ1) is 14.2. The minimum atomic E-state index is -0.0630. The van der Waals surface area contributed by atoms with Crippen LogP contribution in [0.15, 0.2) is 54.6 Å². The van der Waals surface area contributed by atoms with Gasteiger partial charge in [-0.3, -0.25) is 0 Å². The van der Waals surface area contributed by atoms with Gasteiger partial charge in [-0.25, -0.2) is 4.79 Å². The Morgan fingerprint density at radius 2 is 1.83 bits per heavy atom. The fraction of sp³-hybridized carbons (Fsp3) is 0.435. The SMILES string of the molecule is NCc1cccc(OC2CC(c3ccccc3)CN(C(=O)N3CCOCC3)C2)c1. The molecule has 2 N–H and O–H groups in total. The number of piperidine rings is 1. The lowest BCUT2D eigenvalue weighted by Crippen LogP contribution is -2.54. The number of carbonyl (C=O) groups excluding carboxylic acids is 1. The van der Waals surface area contributed by atoms with Crippen LogP contribution in [0.1, 0.15) is 23.5 Å². The number of likely N-dealkylation sites (tertiary alicyclic amines) is 1. The van der Waals surface area contributed by atoms with Gasteiger partial charge in [0.15, 0.2) is 0 Å². The quantitative estimate of drug-likeness (QED) is 0.864. The highest BCUT2D eigenvalue weighted by Gasteiger charge is 2.34. The fourth-order valence-electron chi connectivity index (χ4n) is 4.15. The molecule has 2 heterocycles. The van der Waals surface area contributed by atoms with E-state index in [0.717, 1.165) is 17.7 Å². The van der Waals surface area contributed by atoms with Crippen molar-refractivity contribution in [1.29, 1.82) is 0 Å². The van der Waals surface area contributed by atoms with Crippen LogP contribution in [0.25, 0.3) is 0 Å². The summed E-state index contributed by atoms with van der Waals surface area (Å²) < 4.78 is 11.7. The van der Waals surface area contributed by atoms with Crippen molar-refractivity contribution in [3.05, 3.63) is 65.7 Å². The van der Waals surface area contributed by atoms with Crippen LogP contribution < -0.4 is 10.5 Å². The smallest absolute Gasteiger partial charge is 0.320 e. The maximum absolute atomic E-state index is 13.2. The summed E-state index contributed by atoms with van der Waals surface area (Å²) in [4.78, 5) is 17.0. The first kappa shape index (κ1) is 19.7. The topological polar surface area (TPSA) is 68.0 Å². The average molecular weight is 396 g/mol. The Balaban J connectivity index is 1.52. The van der Waals surface area contributed by atoms with Gasteiger partial charge < -0.3 is 25.0 Å². The summed E-state index contributed by atoms with van der Waals surface area (Å²) in [7, 11) is 0. The number of morpholine rings is 1. The van der Waals surface area contributed by atoms with Gasteiger partial charge in [-0.15, -0.1) is 0 Å². The van der Waals surface area contributed by atoms with Crippen molar-refractivity contribution >= 4 is 6.03 Å². The molecule has 2 unspecified atom stereocenters. The van der Waals surface area contributed by atoms with Gasteiger partial charge in [0.1, 0.15) is 11.9 Å². The number of nitrogens with two attached hydrogens (primary N) is 1. The molecule has 2 aliphatic heterocycles. The molecule has 29 heavy (non-hydrogen) atoms. The van der Waals surface area contributed by atoms with Gasteiger partial charge in [0, 0.05) is 32.1 Å². The first-order valence-electron chi connectivity index (χ1n) is 10.3. The van der Waals surface area contributed by atoms with Crippen LogP contribution in [0, 0.1) is 0 Å². The fourth-order valence-corrected chi connectivity index (χ4v) is 4.15. The Kier molecular flexibility index (Phi) is 6.32. The van der Waals surface area contributed by atoms with E-state index in [2.05, 4.69) is 24.3 Å². The Morgan fingerprint density at radius 1 is 1.03 bits per heavy atom. The van der Waals surface area contributed by atoms with Crippen LogP contribution in [-0.2, 0) is 11.3 Å². The largest absolute Gasteiger partial charge is 0.489 e. The summed E-state index contributed by atoms with van der Waals surface area (Å²) in [5, 5.41) is 0. The van der Waals surface area contributed by atoms with Crippen molar-refractivity contribution in [3.8, 4) is 5.75 Å². The number of urea groups is 1. The van der Waals surface area contributed by atoms with Gasteiger partial charge in [-0.05, 0) is 29.7 Å². The molecule has 6 nitrogen and oxygen atoms in total. The zero-order valence-electron chi connectivity index (χ0n) is 16.7. The van der Waals surface area contributed by atoms with E-state index in [0.29, 0.717) is 45.9 Å². The Hall–Kier alpha value is -2.57. The van der Waals surface area contributed by atoms with Crippen LogP contribution >= 0.6 is 0 Å². The molecule has 0 radical (unpaired) electrons. The summed E-state index contributed by atoms with van der Waals surface area (Å²) >= 11 is 0. The third-order valence-corrected chi connectivity index (χ3v) is 5.67. The number of benzene rings is 2. The molecule has 0 saturated carbocycles. The van der Waals surface area contributed by atoms with Gasteiger partial charge in [-0.2, -0.15) is 0 Å². The monoisotopic (exact) mass is 395 g/mol. The lowest BCUT2D eigenvalue weighted by Gasteiger charge is -2.41. The van der Waals surface area contributed by atoms with E-state index in [9.17, 15) is 4.79 Å². The third-order valence-electron chi connectivity index (χ3n) is 5.67. The van der Waals surface area contributed by atoms with Crippen molar-refractivity contribution < 1.29 is 14.3 Å². The van der Waals surface area contributed by atoms with Crippen molar-refractivity contribution in [2.45, 2.75) is 25.0 Å². The van der Waals surface area contributed by atoms with Crippen molar-refractivity contribution in [3.63, 3.8) is 0 Å². The average Bonchev–Trinajstić information content (AvgIpc) is 2.79. The predicted molar refractivity (Wildman–Crippen MR) is 112 cm³/mol. The highest BCUT2D eigenvalue weighted by atomic mass is 16.5. The second kappa shape index (κ2) is 9.29. The molecular weight excluding hydrogens is 366 g/mol. The normalized spacial score (nSPS) is 22.4. The Labute approximate surface area is 172 Å². The Morgan fingerprint density at radius 3 is 2.59 bits per heavy atom. The van der Waals surface area contributed by atoms with E-state index in [1.807, 2.05) is 40.1 Å². The second-order valence-electron chi connectivity index (χ2n) is 7.72. The Bertz CT molecular complexity index is 808. The molecule has 2 aromatic rings. The van der Waals surface area contributed by atoms with E-state index < -0.39 is 0 Å². The number of carbonyl (C=O) groups is 1. The standard InChI is InChI=1S/C23H29N3O3/c24-15-18-5-4-8-21(13-18)29-22-14-20(19-6-2-1-3-7-19)16-26(17-22)23(27)25-9-11-28-12-10-25/h1-8,13,20,22H,9-12,14-17,24H2. The van der Waals surface area contributed by atoms with Gasteiger partial charge >= 0.3 is 6.03 Å². The van der Waals surface area contributed by atoms with Gasteiger partial charge in [0.2, 0.25) is 0 Å². The second-order valence-corrected chi connectivity index (χ2v) is 7.72. The molecule has 6 heteroatoms. The third kappa shape index (κ3) is 4.89. The number of rotatable bonds is 4. The molecule has 0 bridgehead atoms. The minimum Gasteiger partial charge on any atom is -0.489 e. The predicted octanol–water partition coefficient (Wildman–Crippen LogP) is 2.83. The number of amides is 2. The maximum Gasteiger partial charge on any atom is 0.320 e. The van der Waals surface area contributed by atoms with Gasteiger partial charge in [-0.1, -0.05) is 42.5 Å². The highest BCUT2D eigenvalue weighted by molar-refractivity contribution is 5.75. The number of nitrogens with zero attached hydrogens (tertiary/aromatic N) is 2. The molecule has 0 aliphatic carbocycles. The number of hydrogen-bond acceptors (Lipinski definition) is 4. The summed E-state index contributed by atoms with van der Waals surface area (Å²) in [6, 6.07) is 18.4. The van der Waals surface area contributed by atoms with Crippen molar-refractivity contribution in [2.75, 3.05) is 39.4 Å². The van der Waals surface area contributed by atoms with E-state index in [1.165, 1.54) is 5.56 Å². The van der Waals surface area contributed by atoms with Crippen LogP contribution in [0.4, 0.5) is 4.79 Å². The molecule has 154 valence electrons. The highest BCUT2D eigenvalue weighted by Crippen LogP contribution is 2.30. The lowest BCUT2D eigenvalue weighted by molar-refractivity contribution is 0.0303. The molecule has 2 aliphatic rings. The zero-order valence-corrected chi connectivity index (χ0v) is 16.7. The molecular formula is C23H29N3O3. The number of ether oxygens (including phenoxy) is 2. The summed E-state index contributed by atoms with van der Waals surface area (Å²) in [6.07, 6.45) is 0.816. The summed E-state index contributed by atoms with van der Waals surface area (Å²) in [6.45, 7) is 4.29. The zero-order chi connectivity index (χ0) is 20.1. The van der Waals surface area contributed by atoms with E-state index in [4.69, 9.17) is 15.2 Å². The lowest BCUT2D eigenvalue weighted by atomic mass is 9.89. The molecule has 2 atom stereocenters. The van der Waals surface area contributed by atoms with Crippen LogP contribution in [0.2, 0.25) is 0 Å². The molecule has 0 spiro atoms. The van der Waals surface area contributed by atoms with Crippen LogP contribution in [0.5, 0.6) is 5.75 Å². The number of hydrogen-bond donors (Lipinski definition) is 1. The molecule has 2 amide bonds.